The highest BCUT2D eigenvalue weighted by atomic mass is 16.4. The molecule has 0 bridgehead atoms. The summed E-state index contributed by atoms with van der Waals surface area (Å²) in [5, 5.41) is 27.1. The molecule has 41 heavy (non-hydrogen) atoms. The van der Waals surface area contributed by atoms with Crippen LogP contribution < -0.4 is 21.7 Å². The van der Waals surface area contributed by atoms with Gasteiger partial charge in [-0.2, -0.15) is 0 Å². The number of carbonyl (C=O) groups is 4. The Balaban J connectivity index is 1.73. The molecule has 3 rings (SSSR count). The van der Waals surface area contributed by atoms with E-state index in [2.05, 4.69) is 35.9 Å². The quantitative estimate of drug-likeness (QED) is 0.121. The van der Waals surface area contributed by atoms with Crippen LogP contribution in [0.15, 0.2) is 49.3 Å². The summed E-state index contributed by atoms with van der Waals surface area (Å²) < 4.78 is 0. The van der Waals surface area contributed by atoms with Crippen molar-refractivity contribution in [2.75, 3.05) is 0 Å². The number of amides is 3. The number of rotatable bonds is 15. The third-order valence-electron chi connectivity index (χ3n) is 6.27. The third-order valence-corrected chi connectivity index (χ3v) is 6.27. The number of hydrogen-bond donors (Lipinski definition) is 8. The van der Waals surface area contributed by atoms with E-state index in [4.69, 9.17) is 5.73 Å². The van der Waals surface area contributed by atoms with Gasteiger partial charge in [0.25, 0.3) is 0 Å². The molecule has 1 aromatic carbocycles. The summed E-state index contributed by atoms with van der Waals surface area (Å²) in [7, 11) is 0. The second kappa shape index (κ2) is 14.6. The Morgan fingerprint density at radius 1 is 0.805 bits per heavy atom. The fourth-order valence-corrected chi connectivity index (χ4v) is 4.15. The Bertz CT molecular complexity index is 1280. The van der Waals surface area contributed by atoms with Gasteiger partial charge in [0.2, 0.25) is 17.7 Å². The molecular weight excluding hydrogens is 532 g/mol. The van der Waals surface area contributed by atoms with Gasteiger partial charge in [-0.15, -0.1) is 0 Å². The number of H-pyrrole nitrogens is 2. The lowest BCUT2D eigenvalue weighted by molar-refractivity contribution is -0.142. The summed E-state index contributed by atoms with van der Waals surface area (Å²) in [5.74, 6) is -3.16. The maximum absolute atomic E-state index is 13.4. The van der Waals surface area contributed by atoms with Crippen LogP contribution in [0.4, 0.5) is 0 Å². The van der Waals surface area contributed by atoms with Gasteiger partial charge in [0, 0.05) is 43.0 Å². The lowest BCUT2D eigenvalue weighted by Crippen LogP contribution is -2.58. The van der Waals surface area contributed by atoms with E-state index >= 15 is 0 Å². The minimum Gasteiger partial charge on any atom is -0.508 e. The van der Waals surface area contributed by atoms with Crippen molar-refractivity contribution in [1.82, 2.24) is 35.9 Å². The number of carboxylic acid groups (broad SMARTS) is 1. The largest absolute Gasteiger partial charge is 0.508 e. The Labute approximate surface area is 236 Å². The fraction of sp³-hybridized carbons (Fsp3) is 0.407. The standard InChI is InChI=1S/C27H36N8O6/c1-15(2)7-21(25(38)35-23(27(40)41)8-16-3-5-19(36)6-4-16)34-26(39)22(10-18-12-30-14-32-18)33-24(37)20(28)9-17-11-29-13-31-17/h3-6,11-15,20-23,36H,7-10,28H2,1-2H3,(H,29,31)(H,30,32)(H,33,37)(H,34,39)(H,35,38)(H,40,41). The van der Waals surface area contributed by atoms with Gasteiger partial charge in [-0.05, 0) is 30.0 Å². The zero-order valence-corrected chi connectivity index (χ0v) is 22.8. The van der Waals surface area contributed by atoms with E-state index in [1.165, 1.54) is 31.0 Å². The molecule has 0 fully saturated rings. The number of nitrogens with two attached hydrogens (primary N) is 1. The van der Waals surface area contributed by atoms with Gasteiger partial charge in [0.05, 0.1) is 18.7 Å². The topological polar surface area (TPSA) is 228 Å². The highest BCUT2D eigenvalue weighted by Gasteiger charge is 2.31. The highest BCUT2D eigenvalue weighted by molar-refractivity contribution is 5.94. The van der Waals surface area contributed by atoms with Crippen LogP contribution in [-0.2, 0) is 38.4 Å². The molecule has 0 aliphatic heterocycles. The van der Waals surface area contributed by atoms with Crippen LogP contribution in [0.1, 0.15) is 37.2 Å². The maximum atomic E-state index is 13.4. The van der Waals surface area contributed by atoms with E-state index in [1.54, 1.807) is 18.3 Å². The summed E-state index contributed by atoms with van der Waals surface area (Å²) in [4.78, 5) is 65.1. The van der Waals surface area contributed by atoms with Crippen LogP contribution in [0.3, 0.4) is 0 Å². The number of nitrogens with one attached hydrogen (secondary N) is 5. The Kier molecular flexibility index (Phi) is 11.0. The van der Waals surface area contributed by atoms with E-state index < -0.39 is 47.9 Å². The first-order chi connectivity index (χ1) is 19.5. The number of phenolic OH excluding ortho intramolecular Hbond substituents is 1. The van der Waals surface area contributed by atoms with Crippen molar-refractivity contribution in [2.45, 2.75) is 63.7 Å². The fourth-order valence-electron chi connectivity index (χ4n) is 4.15. The van der Waals surface area contributed by atoms with Crippen molar-refractivity contribution in [2.24, 2.45) is 11.7 Å². The molecule has 0 saturated heterocycles. The number of aromatic nitrogens is 4. The molecule has 220 valence electrons. The predicted molar refractivity (Wildman–Crippen MR) is 147 cm³/mol. The molecule has 0 aliphatic carbocycles. The number of imidazole rings is 2. The number of hydrogen-bond acceptors (Lipinski definition) is 8. The van der Waals surface area contributed by atoms with E-state index in [0.29, 0.717) is 17.0 Å². The molecule has 14 heteroatoms. The van der Waals surface area contributed by atoms with Crippen LogP contribution in [0.25, 0.3) is 0 Å². The monoisotopic (exact) mass is 568 g/mol. The van der Waals surface area contributed by atoms with E-state index in [9.17, 15) is 29.4 Å². The molecule has 4 unspecified atom stereocenters. The second-order valence-electron chi connectivity index (χ2n) is 10.2. The summed E-state index contributed by atoms with van der Waals surface area (Å²) in [5.41, 5.74) is 7.86. The van der Waals surface area contributed by atoms with Crippen molar-refractivity contribution in [1.29, 1.82) is 0 Å². The van der Waals surface area contributed by atoms with Crippen molar-refractivity contribution < 1.29 is 29.4 Å². The van der Waals surface area contributed by atoms with Gasteiger partial charge in [0.15, 0.2) is 0 Å². The van der Waals surface area contributed by atoms with Gasteiger partial charge in [-0.25, -0.2) is 14.8 Å². The van der Waals surface area contributed by atoms with E-state index in [0.717, 1.165) is 0 Å². The SMILES string of the molecule is CC(C)CC(NC(=O)C(Cc1cnc[nH]1)NC(=O)C(N)Cc1cnc[nH]1)C(=O)NC(Cc1ccc(O)cc1)C(=O)O. The summed E-state index contributed by atoms with van der Waals surface area (Å²) in [6.07, 6.45) is 6.35. The van der Waals surface area contributed by atoms with Gasteiger partial charge in [-0.1, -0.05) is 26.0 Å². The van der Waals surface area contributed by atoms with Crippen LogP contribution in [0.5, 0.6) is 5.75 Å². The molecule has 2 heterocycles. The predicted octanol–water partition coefficient (Wildman–Crippen LogP) is -0.221. The first-order valence-electron chi connectivity index (χ1n) is 13.1. The van der Waals surface area contributed by atoms with Gasteiger partial charge in [0.1, 0.15) is 23.9 Å². The summed E-state index contributed by atoms with van der Waals surface area (Å²) in [6.45, 7) is 3.71. The molecular formula is C27H36N8O6. The van der Waals surface area contributed by atoms with Gasteiger partial charge < -0.3 is 41.9 Å². The van der Waals surface area contributed by atoms with Gasteiger partial charge in [-0.3, -0.25) is 14.4 Å². The van der Waals surface area contributed by atoms with Crippen LogP contribution in [-0.4, -0.2) is 78.0 Å². The van der Waals surface area contributed by atoms with Crippen LogP contribution >= 0.6 is 0 Å². The highest BCUT2D eigenvalue weighted by Crippen LogP contribution is 2.13. The van der Waals surface area contributed by atoms with E-state index in [-0.39, 0.29) is 37.4 Å². The smallest absolute Gasteiger partial charge is 0.326 e. The number of aromatic amines is 2. The molecule has 0 aliphatic rings. The molecule has 0 saturated carbocycles. The minimum absolute atomic E-state index is 0.0309. The van der Waals surface area contributed by atoms with Gasteiger partial charge >= 0.3 is 5.97 Å². The minimum atomic E-state index is -1.28. The summed E-state index contributed by atoms with van der Waals surface area (Å²) >= 11 is 0. The van der Waals surface area contributed by atoms with Crippen molar-refractivity contribution in [3.63, 3.8) is 0 Å². The first-order valence-corrected chi connectivity index (χ1v) is 13.1. The zero-order chi connectivity index (χ0) is 29.9. The Hall–Kier alpha value is -4.72. The molecule has 9 N–H and O–H groups in total. The average molecular weight is 569 g/mol. The number of phenols is 1. The van der Waals surface area contributed by atoms with Crippen molar-refractivity contribution in [3.05, 3.63) is 66.3 Å². The van der Waals surface area contributed by atoms with Crippen molar-refractivity contribution >= 4 is 23.7 Å². The lowest BCUT2D eigenvalue weighted by Gasteiger charge is -2.26. The molecule has 3 amide bonds. The number of aromatic hydroxyl groups is 1. The molecule has 2 aromatic heterocycles. The first kappa shape index (κ1) is 30.8. The number of carbonyl (C=O) groups excluding carboxylic acids is 3. The third kappa shape index (κ3) is 9.76. The molecule has 0 spiro atoms. The maximum Gasteiger partial charge on any atom is 0.326 e. The van der Waals surface area contributed by atoms with Crippen LogP contribution in [0, 0.1) is 5.92 Å². The Morgan fingerprint density at radius 2 is 1.34 bits per heavy atom. The van der Waals surface area contributed by atoms with Crippen molar-refractivity contribution in [3.8, 4) is 5.75 Å². The summed E-state index contributed by atoms with van der Waals surface area (Å²) in [6, 6.07) is 1.53. The average Bonchev–Trinajstić information content (AvgIpc) is 3.62. The zero-order valence-electron chi connectivity index (χ0n) is 22.8. The van der Waals surface area contributed by atoms with Crippen LogP contribution in [0.2, 0.25) is 0 Å². The molecule has 0 radical (unpaired) electrons. The van der Waals surface area contributed by atoms with E-state index in [1.807, 2.05) is 13.8 Å². The lowest BCUT2D eigenvalue weighted by atomic mass is 10.0. The second-order valence-corrected chi connectivity index (χ2v) is 10.2. The Morgan fingerprint density at radius 3 is 1.88 bits per heavy atom. The number of benzene rings is 1. The number of carboxylic acids is 1. The molecule has 14 nitrogen and oxygen atoms in total. The number of nitrogens with zero attached hydrogens (tertiary/aromatic N) is 2. The normalized spacial score (nSPS) is 14.0. The molecule has 4 atom stereocenters. The number of aliphatic carboxylic acids is 1. The molecule has 3 aromatic rings.